The second-order valence-electron chi connectivity index (χ2n) is 7.35. The van der Waals surface area contributed by atoms with Crippen molar-refractivity contribution < 1.29 is 14.2 Å². The summed E-state index contributed by atoms with van der Waals surface area (Å²) in [4.78, 5) is 4.77. The van der Waals surface area contributed by atoms with Gasteiger partial charge in [-0.2, -0.15) is 0 Å². The molecule has 0 atom stereocenters. The SMILES string of the molecule is COc1ccc(OCc2nc3ccccc3n2CCOc2cc(C)c(Cl)c(C)c2)cc1. The van der Waals surface area contributed by atoms with Crippen LogP contribution in [0.15, 0.2) is 60.7 Å². The minimum Gasteiger partial charge on any atom is -0.497 e. The molecule has 0 radical (unpaired) electrons. The highest BCUT2D eigenvalue weighted by molar-refractivity contribution is 6.32. The Bertz CT molecular complexity index is 1160. The Morgan fingerprint density at radius 1 is 0.871 bits per heavy atom. The Kier molecular flexibility index (Phi) is 6.33. The lowest BCUT2D eigenvalue weighted by molar-refractivity contribution is 0.272. The van der Waals surface area contributed by atoms with Gasteiger partial charge in [-0.05, 0) is 73.5 Å². The van der Waals surface area contributed by atoms with Crippen molar-refractivity contribution in [2.24, 2.45) is 0 Å². The molecule has 0 bridgehead atoms. The third-order valence-electron chi connectivity index (χ3n) is 5.15. The number of hydrogen-bond donors (Lipinski definition) is 0. The minimum absolute atomic E-state index is 0.361. The number of ether oxygens (including phenoxy) is 3. The largest absolute Gasteiger partial charge is 0.497 e. The van der Waals surface area contributed by atoms with Crippen LogP contribution in [-0.2, 0) is 13.2 Å². The molecular formula is C25H25ClN2O3. The average molecular weight is 437 g/mol. The van der Waals surface area contributed by atoms with E-state index < -0.39 is 0 Å². The Labute approximate surface area is 187 Å². The van der Waals surface area contributed by atoms with E-state index in [9.17, 15) is 0 Å². The molecule has 0 fully saturated rings. The number of nitrogens with zero attached hydrogens (tertiary/aromatic N) is 2. The van der Waals surface area contributed by atoms with E-state index in [1.807, 2.05) is 68.4 Å². The van der Waals surface area contributed by atoms with E-state index in [1.54, 1.807) is 7.11 Å². The summed E-state index contributed by atoms with van der Waals surface area (Å²) in [6, 6.07) is 19.5. The highest BCUT2D eigenvalue weighted by Crippen LogP contribution is 2.26. The molecule has 6 heteroatoms. The molecule has 0 spiro atoms. The van der Waals surface area contributed by atoms with Crippen LogP contribution in [0.1, 0.15) is 17.0 Å². The number of para-hydroxylation sites is 2. The quantitative estimate of drug-likeness (QED) is 0.341. The van der Waals surface area contributed by atoms with Crippen LogP contribution >= 0.6 is 11.6 Å². The van der Waals surface area contributed by atoms with Crippen molar-refractivity contribution in [3.8, 4) is 17.2 Å². The zero-order valence-electron chi connectivity index (χ0n) is 17.9. The molecule has 0 saturated carbocycles. The van der Waals surface area contributed by atoms with Gasteiger partial charge in [0.05, 0.1) is 24.7 Å². The summed E-state index contributed by atoms with van der Waals surface area (Å²) in [5.41, 5.74) is 4.02. The van der Waals surface area contributed by atoms with E-state index in [2.05, 4.69) is 10.6 Å². The van der Waals surface area contributed by atoms with Crippen molar-refractivity contribution in [3.63, 3.8) is 0 Å². The molecule has 31 heavy (non-hydrogen) atoms. The van der Waals surface area contributed by atoms with Crippen molar-refractivity contribution >= 4 is 22.6 Å². The lowest BCUT2D eigenvalue weighted by Crippen LogP contribution is -2.13. The summed E-state index contributed by atoms with van der Waals surface area (Å²) in [6.07, 6.45) is 0. The molecule has 1 heterocycles. The van der Waals surface area contributed by atoms with E-state index in [1.165, 1.54) is 0 Å². The fourth-order valence-electron chi connectivity index (χ4n) is 3.55. The third-order valence-corrected chi connectivity index (χ3v) is 5.75. The predicted octanol–water partition coefficient (Wildman–Crippen LogP) is 5.97. The van der Waals surface area contributed by atoms with Crippen LogP contribution in [0.2, 0.25) is 5.02 Å². The van der Waals surface area contributed by atoms with Crippen LogP contribution in [-0.4, -0.2) is 23.3 Å². The van der Waals surface area contributed by atoms with E-state index >= 15 is 0 Å². The molecule has 0 amide bonds. The highest BCUT2D eigenvalue weighted by atomic mass is 35.5. The predicted molar refractivity (Wildman–Crippen MR) is 123 cm³/mol. The molecule has 0 saturated heterocycles. The van der Waals surface area contributed by atoms with Crippen molar-refractivity contribution in [2.75, 3.05) is 13.7 Å². The van der Waals surface area contributed by atoms with Gasteiger partial charge in [-0.1, -0.05) is 23.7 Å². The van der Waals surface area contributed by atoms with Gasteiger partial charge in [0.25, 0.3) is 0 Å². The third kappa shape index (κ3) is 4.78. The smallest absolute Gasteiger partial charge is 0.148 e. The molecule has 4 aromatic rings. The van der Waals surface area contributed by atoms with Crippen LogP contribution in [0.5, 0.6) is 17.2 Å². The maximum absolute atomic E-state index is 6.26. The van der Waals surface area contributed by atoms with Gasteiger partial charge >= 0.3 is 0 Å². The van der Waals surface area contributed by atoms with E-state index in [0.29, 0.717) is 19.8 Å². The van der Waals surface area contributed by atoms with Gasteiger partial charge in [-0.25, -0.2) is 4.98 Å². The first-order valence-electron chi connectivity index (χ1n) is 10.2. The van der Waals surface area contributed by atoms with E-state index in [0.717, 1.165) is 50.3 Å². The Morgan fingerprint density at radius 2 is 1.55 bits per heavy atom. The molecule has 5 nitrogen and oxygen atoms in total. The number of halogens is 1. The van der Waals surface area contributed by atoms with E-state index in [-0.39, 0.29) is 0 Å². The molecule has 0 aliphatic carbocycles. The maximum atomic E-state index is 6.26. The summed E-state index contributed by atoms with van der Waals surface area (Å²) in [5.74, 6) is 3.23. The van der Waals surface area contributed by atoms with Gasteiger partial charge < -0.3 is 18.8 Å². The zero-order valence-corrected chi connectivity index (χ0v) is 18.6. The molecular weight excluding hydrogens is 412 g/mol. The van der Waals surface area contributed by atoms with Gasteiger partial charge in [0.15, 0.2) is 0 Å². The second kappa shape index (κ2) is 9.31. The number of aryl methyl sites for hydroxylation is 2. The van der Waals surface area contributed by atoms with Crippen LogP contribution in [0.25, 0.3) is 11.0 Å². The van der Waals surface area contributed by atoms with Gasteiger partial charge in [-0.15, -0.1) is 0 Å². The summed E-state index contributed by atoms with van der Waals surface area (Å²) in [5, 5.41) is 0.783. The Hall–Kier alpha value is -3.18. The molecule has 4 rings (SSSR count). The molecule has 3 aromatic carbocycles. The monoisotopic (exact) mass is 436 g/mol. The first kappa shape index (κ1) is 21.1. The molecule has 0 aliphatic rings. The average Bonchev–Trinajstić information content (AvgIpc) is 3.14. The van der Waals surface area contributed by atoms with Crippen molar-refractivity contribution in [1.82, 2.24) is 9.55 Å². The van der Waals surface area contributed by atoms with E-state index in [4.69, 9.17) is 30.8 Å². The highest BCUT2D eigenvalue weighted by Gasteiger charge is 2.12. The second-order valence-corrected chi connectivity index (χ2v) is 7.73. The first-order valence-corrected chi connectivity index (χ1v) is 10.5. The Morgan fingerprint density at radius 3 is 2.26 bits per heavy atom. The molecule has 0 unspecified atom stereocenters. The van der Waals surface area contributed by atoms with Crippen molar-refractivity contribution in [3.05, 3.63) is 82.6 Å². The number of hydrogen-bond acceptors (Lipinski definition) is 4. The molecule has 160 valence electrons. The van der Waals surface area contributed by atoms with Crippen LogP contribution in [0.3, 0.4) is 0 Å². The first-order chi connectivity index (χ1) is 15.0. The summed E-state index contributed by atoms with van der Waals surface area (Å²) in [6.45, 7) is 5.50. The fraction of sp³-hybridized carbons (Fsp3) is 0.240. The summed E-state index contributed by atoms with van der Waals surface area (Å²) in [7, 11) is 1.65. The number of methoxy groups -OCH3 is 1. The van der Waals surface area contributed by atoms with Crippen molar-refractivity contribution in [1.29, 1.82) is 0 Å². The molecule has 0 N–H and O–H groups in total. The van der Waals surface area contributed by atoms with Crippen molar-refractivity contribution in [2.45, 2.75) is 27.0 Å². The molecule has 0 aliphatic heterocycles. The fourth-order valence-corrected chi connectivity index (χ4v) is 3.66. The van der Waals surface area contributed by atoms with Gasteiger partial charge in [0.2, 0.25) is 0 Å². The zero-order chi connectivity index (χ0) is 21.8. The van der Waals surface area contributed by atoms with Crippen LogP contribution in [0.4, 0.5) is 0 Å². The Balaban J connectivity index is 1.49. The minimum atomic E-state index is 0.361. The topological polar surface area (TPSA) is 45.5 Å². The lowest BCUT2D eigenvalue weighted by Gasteiger charge is -2.13. The van der Waals surface area contributed by atoms with Gasteiger partial charge in [0, 0.05) is 5.02 Å². The number of rotatable bonds is 8. The normalized spacial score (nSPS) is 11.0. The molecule has 1 aromatic heterocycles. The summed E-state index contributed by atoms with van der Waals surface area (Å²) < 4.78 is 19.3. The standard InChI is InChI=1S/C25H25ClN2O3/c1-17-14-21(15-18(2)25(17)26)30-13-12-28-23-7-5-4-6-22(23)27-24(28)16-31-20-10-8-19(29-3)9-11-20/h4-11,14-15H,12-13,16H2,1-3H3. The summed E-state index contributed by atoms with van der Waals surface area (Å²) >= 11 is 6.26. The number of fused-ring (bicyclic) bond motifs is 1. The van der Waals surface area contributed by atoms with Gasteiger partial charge in [0.1, 0.15) is 36.3 Å². The number of aromatic nitrogens is 2. The maximum Gasteiger partial charge on any atom is 0.148 e. The van der Waals surface area contributed by atoms with Crippen LogP contribution in [0, 0.1) is 13.8 Å². The van der Waals surface area contributed by atoms with Gasteiger partial charge in [-0.3, -0.25) is 0 Å². The lowest BCUT2D eigenvalue weighted by atomic mass is 10.1. The van der Waals surface area contributed by atoms with Crippen LogP contribution < -0.4 is 14.2 Å². The number of benzene rings is 3. The number of imidazole rings is 1.